The summed E-state index contributed by atoms with van der Waals surface area (Å²) in [5.41, 5.74) is 5.37. The Morgan fingerprint density at radius 3 is 1.90 bits per heavy atom. The number of hydrogen-bond donors (Lipinski definition) is 1. The van der Waals surface area contributed by atoms with E-state index in [1.165, 1.54) is 6.92 Å². The highest BCUT2D eigenvalue weighted by Gasteiger charge is 2.62. The van der Waals surface area contributed by atoms with Gasteiger partial charge >= 0.3 is 5.97 Å². The third-order valence-corrected chi connectivity index (χ3v) is 9.55. The quantitative estimate of drug-likeness (QED) is 0.319. The summed E-state index contributed by atoms with van der Waals surface area (Å²) in [6.07, 6.45) is 0. The Balaban J connectivity index is 1.20. The van der Waals surface area contributed by atoms with Crippen molar-refractivity contribution in [1.82, 2.24) is 4.90 Å². The fourth-order valence-corrected chi connectivity index (χ4v) is 7.01. The standard InChI is InChI=1S/C30H24BrClN2O5/c1-14-21(12-11-20(31)27(14)32)33-22(35)13-39-30(38)15(2)34-28(36)25-23-16-7-3-4-8-17(16)24(26(25)29(34)37)19-10-6-5-9-18(19)23/h3-12,15,23-26H,13H2,1-2H3,(H,33,35)/t15-,23?,24?,25-,26+/m1/s1. The van der Waals surface area contributed by atoms with Crippen LogP contribution in [0.15, 0.2) is 65.1 Å². The summed E-state index contributed by atoms with van der Waals surface area (Å²) in [5, 5.41) is 3.13. The van der Waals surface area contributed by atoms with E-state index in [4.69, 9.17) is 16.3 Å². The van der Waals surface area contributed by atoms with Gasteiger partial charge in [0.15, 0.2) is 6.61 Å². The van der Waals surface area contributed by atoms with Crippen LogP contribution in [0.5, 0.6) is 0 Å². The molecule has 0 unspecified atom stereocenters. The lowest BCUT2D eigenvalue weighted by atomic mass is 9.55. The summed E-state index contributed by atoms with van der Waals surface area (Å²) >= 11 is 9.55. The highest BCUT2D eigenvalue weighted by molar-refractivity contribution is 9.10. The third kappa shape index (κ3) is 3.92. The smallest absolute Gasteiger partial charge is 0.329 e. The van der Waals surface area contributed by atoms with Crippen LogP contribution in [0, 0.1) is 18.8 Å². The molecule has 39 heavy (non-hydrogen) atoms. The number of esters is 1. The highest BCUT2D eigenvalue weighted by Crippen LogP contribution is 2.61. The molecule has 3 aromatic carbocycles. The van der Waals surface area contributed by atoms with Crippen molar-refractivity contribution in [3.63, 3.8) is 0 Å². The van der Waals surface area contributed by atoms with Gasteiger partial charge in [-0.2, -0.15) is 0 Å². The van der Waals surface area contributed by atoms with Crippen LogP contribution in [0.2, 0.25) is 5.02 Å². The van der Waals surface area contributed by atoms with Crippen LogP contribution in [-0.2, 0) is 23.9 Å². The maximum atomic E-state index is 13.8. The molecule has 1 saturated heterocycles. The average molecular weight is 608 g/mol. The second-order valence-corrected chi connectivity index (χ2v) is 11.4. The number of amides is 3. The van der Waals surface area contributed by atoms with E-state index in [9.17, 15) is 19.2 Å². The SMILES string of the molecule is Cc1c(NC(=O)COC(=O)[C@@H](C)N2C(=O)[C@@H]3C4c5ccccc5C(c5ccccc54)[C@@H]3C2=O)ccc(Br)c1Cl. The van der Waals surface area contributed by atoms with Crippen molar-refractivity contribution in [2.75, 3.05) is 11.9 Å². The van der Waals surface area contributed by atoms with Gasteiger partial charge in [0, 0.05) is 22.0 Å². The fourth-order valence-electron chi connectivity index (χ4n) is 6.42. The van der Waals surface area contributed by atoms with Gasteiger partial charge in [-0.05, 0) is 69.7 Å². The Hall–Kier alpha value is -3.49. The second kappa shape index (κ2) is 9.61. The van der Waals surface area contributed by atoms with Crippen LogP contribution in [0.1, 0.15) is 46.6 Å². The van der Waals surface area contributed by atoms with Gasteiger partial charge in [0.05, 0.1) is 16.9 Å². The van der Waals surface area contributed by atoms with Crippen molar-refractivity contribution in [3.8, 4) is 0 Å². The number of benzene rings is 3. The Kier molecular flexibility index (Phi) is 6.35. The summed E-state index contributed by atoms with van der Waals surface area (Å²) in [7, 11) is 0. The first-order chi connectivity index (χ1) is 18.7. The number of nitrogens with one attached hydrogen (secondary N) is 1. The van der Waals surface area contributed by atoms with E-state index in [2.05, 4.69) is 21.2 Å². The van der Waals surface area contributed by atoms with Crippen LogP contribution < -0.4 is 5.32 Å². The molecule has 7 rings (SSSR count). The molecule has 3 amide bonds. The third-order valence-electron chi connectivity index (χ3n) is 8.17. The molecule has 0 saturated carbocycles. The molecule has 0 aromatic heterocycles. The predicted octanol–water partition coefficient (Wildman–Crippen LogP) is 5.17. The summed E-state index contributed by atoms with van der Waals surface area (Å²) in [5.74, 6) is -3.83. The minimum atomic E-state index is -1.17. The van der Waals surface area contributed by atoms with E-state index >= 15 is 0 Å². The molecule has 2 bridgehead atoms. The topological polar surface area (TPSA) is 92.8 Å². The van der Waals surface area contributed by atoms with E-state index in [1.807, 2.05) is 48.5 Å². The molecular formula is C30H24BrClN2O5. The van der Waals surface area contributed by atoms with Crippen molar-refractivity contribution >= 4 is 56.9 Å². The van der Waals surface area contributed by atoms with Gasteiger partial charge < -0.3 is 10.1 Å². The van der Waals surface area contributed by atoms with Crippen molar-refractivity contribution in [1.29, 1.82) is 0 Å². The number of nitrogens with zero attached hydrogens (tertiary/aromatic N) is 1. The normalized spacial score (nSPS) is 23.1. The van der Waals surface area contributed by atoms with Crippen LogP contribution in [0.3, 0.4) is 0 Å². The van der Waals surface area contributed by atoms with Gasteiger partial charge in [-0.25, -0.2) is 4.79 Å². The largest absolute Gasteiger partial charge is 0.454 e. The van der Waals surface area contributed by atoms with Crippen LogP contribution in [-0.4, -0.2) is 41.2 Å². The minimum absolute atomic E-state index is 0.260. The number of imide groups is 1. The van der Waals surface area contributed by atoms with E-state index in [0.29, 0.717) is 20.7 Å². The molecule has 9 heteroatoms. The Bertz CT molecular complexity index is 1460. The van der Waals surface area contributed by atoms with Gasteiger partial charge in [0.1, 0.15) is 6.04 Å². The molecule has 1 N–H and O–H groups in total. The average Bonchev–Trinajstić information content (AvgIpc) is 3.21. The van der Waals surface area contributed by atoms with E-state index in [-0.39, 0.29) is 23.7 Å². The fraction of sp³-hybridized carbons (Fsp3) is 0.267. The number of halogens is 2. The van der Waals surface area contributed by atoms with Gasteiger partial charge in [0.25, 0.3) is 5.91 Å². The first-order valence-electron chi connectivity index (χ1n) is 12.7. The molecule has 198 valence electrons. The number of carbonyl (C=O) groups excluding carboxylic acids is 4. The lowest BCUT2D eigenvalue weighted by Gasteiger charge is -2.45. The molecule has 4 aliphatic rings. The zero-order chi connectivity index (χ0) is 27.6. The molecule has 1 heterocycles. The molecule has 0 radical (unpaired) electrons. The summed E-state index contributed by atoms with van der Waals surface area (Å²) in [6.45, 7) is 2.65. The van der Waals surface area contributed by atoms with Gasteiger partial charge in [-0.3, -0.25) is 19.3 Å². The van der Waals surface area contributed by atoms with Crippen LogP contribution in [0.4, 0.5) is 5.69 Å². The molecule has 1 aliphatic heterocycles. The highest BCUT2D eigenvalue weighted by atomic mass is 79.9. The van der Waals surface area contributed by atoms with E-state index in [1.54, 1.807) is 19.1 Å². The minimum Gasteiger partial charge on any atom is -0.454 e. The van der Waals surface area contributed by atoms with E-state index < -0.39 is 36.4 Å². The first kappa shape index (κ1) is 25.8. The molecular weight excluding hydrogens is 584 g/mol. The van der Waals surface area contributed by atoms with Crippen LogP contribution >= 0.6 is 27.5 Å². The Labute approximate surface area is 238 Å². The Morgan fingerprint density at radius 1 is 0.923 bits per heavy atom. The van der Waals surface area contributed by atoms with Crippen molar-refractivity contribution < 1.29 is 23.9 Å². The lowest BCUT2D eigenvalue weighted by Crippen LogP contribution is -2.45. The second-order valence-electron chi connectivity index (χ2n) is 10.2. The van der Waals surface area contributed by atoms with Gasteiger partial charge in [-0.1, -0.05) is 60.1 Å². The van der Waals surface area contributed by atoms with Crippen molar-refractivity contribution in [3.05, 3.63) is 98.0 Å². The summed E-state index contributed by atoms with van der Waals surface area (Å²) < 4.78 is 5.94. The van der Waals surface area contributed by atoms with E-state index in [0.717, 1.165) is 27.2 Å². The maximum absolute atomic E-state index is 13.8. The van der Waals surface area contributed by atoms with Crippen molar-refractivity contribution in [2.45, 2.75) is 31.7 Å². The number of anilines is 1. The molecule has 0 spiro atoms. The molecule has 3 aromatic rings. The number of ether oxygens (including phenoxy) is 1. The predicted molar refractivity (Wildman–Crippen MR) is 148 cm³/mol. The molecule has 1 fully saturated rings. The summed E-state index contributed by atoms with van der Waals surface area (Å²) in [6, 6.07) is 18.1. The van der Waals surface area contributed by atoms with Crippen molar-refractivity contribution in [2.24, 2.45) is 11.8 Å². The number of rotatable bonds is 5. The molecule has 3 atom stereocenters. The maximum Gasteiger partial charge on any atom is 0.329 e. The summed E-state index contributed by atoms with van der Waals surface area (Å²) in [4.78, 5) is 54.1. The number of hydrogen-bond acceptors (Lipinski definition) is 5. The van der Waals surface area contributed by atoms with Gasteiger partial charge in [0.2, 0.25) is 11.8 Å². The Morgan fingerprint density at radius 2 is 1.41 bits per heavy atom. The lowest BCUT2D eigenvalue weighted by molar-refractivity contribution is -0.159. The molecule has 7 nitrogen and oxygen atoms in total. The van der Waals surface area contributed by atoms with Gasteiger partial charge in [-0.15, -0.1) is 0 Å². The monoisotopic (exact) mass is 606 g/mol. The molecule has 3 aliphatic carbocycles. The van der Waals surface area contributed by atoms with Crippen LogP contribution in [0.25, 0.3) is 0 Å². The first-order valence-corrected chi connectivity index (χ1v) is 13.8. The zero-order valence-electron chi connectivity index (χ0n) is 21.1. The number of likely N-dealkylation sites (tertiary alicyclic amines) is 1. The zero-order valence-corrected chi connectivity index (χ0v) is 23.5. The number of carbonyl (C=O) groups is 4.